The molecule has 0 aliphatic carbocycles. The van der Waals surface area contributed by atoms with Crippen molar-refractivity contribution in [2.24, 2.45) is 0 Å². The summed E-state index contributed by atoms with van der Waals surface area (Å²) in [5, 5.41) is 11.7. The second kappa shape index (κ2) is 7.99. The molecule has 0 unspecified atom stereocenters. The first-order valence-corrected chi connectivity index (χ1v) is 8.14. The number of methoxy groups -OCH3 is 1. The molecule has 122 valence electrons. The Bertz CT molecular complexity index is 697. The van der Waals surface area contributed by atoms with Crippen LogP contribution in [0.25, 0.3) is 0 Å². The lowest BCUT2D eigenvalue weighted by atomic mass is 10.1. The maximum Gasteiger partial charge on any atom is 0.335 e. The Morgan fingerprint density at radius 3 is 2.61 bits per heavy atom. The van der Waals surface area contributed by atoms with Gasteiger partial charge in [-0.15, -0.1) is 11.3 Å². The van der Waals surface area contributed by atoms with E-state index in [4.69, 9.17) is 21.4 Å². The largest absolute Gasteiger partial charge is 0.495 e. The van der Waals surface area contributed by atoms with Gasteiger partial charge in [0.2, 0.25) is 0 Å². The maximum absolute atomic E-state index is 12.1. The summed E-state index contributed by atoms with van der Waals surface area (Å²) in [6, 6.07) is 8.34. The van der Waals surface area contributed by atoms with Gasteiger partial charge in [0.15, 0.2) is 0 Å². The molecule has 1 amide bonds. The fraction of sp³-hybridized carbons (Fsp3) is 0.250. The van der Waals surface area contributed by atoms with Crippen molar-refractivity contribution >= 4 is 34.8 Å². The van der Waals surface area contributed by atoms with Gasteiger partial charge in [-0.1, -0.05) is 23.7 Å². The Labute approximate surface area is 142 Å². The van der Waals surface area contributed by atoms with Crippen molar-refractivity contribution in [1.82, 2.24) is 5.32 Å². The van der Waals surface area contributed by atoms with Crippen LogP contribution in [-0.2, 0) is 6.42 Å². The van der Waals surface area contributed by atoms with E-state index >= 15 is 0 Å². The van der Waals surface area contributed by atoms with Crippen molar-refractivity contribution in [1.29, 1.82) is 0 Å². The minimum atomic E-state index is -0.938. The number of benzene rings is 1. The average molecular weight is 354 g/mol. The van der Waals surface area contributed by atoms with Crippen LogP contribution in [0.5, 0.6) is 5.75 Å². The summed E-state index contributed by atoms with van der Waals surface area (Å²) in [4.78, 5) is 23.3. The van der Waals surface area contributed by atoms with Gasteiger partial charge in [0.25, 0.3) is 5.91 Å². The van der Waals surface area contributed by atoms with Crippen LogP contribution < -0.4 is 10.1 Å². The number of thiophene rings is 1. The molecule has 0 aliphatic rings. The molecular formula is C16H16ClNO4S. The van der Waals surface area contributed by atoms with Crippen molar-refractivity contribution in [3.63, 3.8) is 0 Å². The third-order valence-corrected chi connectivity index (χ3v) is 4.47. The molecule has 1 heterocycles. The number of carboxylic acids is 1. The molecule has 0 saturated carbocycles. The summed E-state index contributed by atoms with van der Waals surface area (Å²) >= 11 is 7.06. The van der Waals surface area contributed by atoms with E-state index in [0.29, 0.717) is 21.5 Å². The smallest absolute Gasteiger partial charge is 0.335 e. The molecule has 0 aliphatic heterocycles. The number of hydrogen-bond acceptors (Lipinski definition) is 4. The fourth-order valence-corrected chi connectivity index (χ4v) is 3.14. The van der Waals surface area contributed by atoms with Crippen LogP contribution in [0, 0.1) is 0 Å². The molecule has 0 spiro atoms. The molecule has 0 radical (unpaired) electrons. The van der Waals surface area contributed by atoms with Crippen LogP contribution in [0.15, 0.2) is 30.3 Å². The number of carboxylic acid groups (broad SMARTS) is 1. The summed E-state index contributed by atoms with van der Waals surface area (Å²) in [6.07, 6.45) is 1.50. The Balaban J connectivity index is 1.80. The predicted octanol–water partition coefficient (Wildman–Crippen LogP) is 3.47. The molecular weight excluding hydrogens is 338 g/mol. The minimum absolute atomic E-state index is 0.208. The van der Waals surface area contributed by atoms with Crippen LogP contribution in [0.3, 0.4) is 0 Å². The highest BCUT2D eigenvalue weighted by molar-refractivity contribution is 7.18. The van der Waals surface area contributed by atoms with Gasteiger partial charge in [-0.2, -0.15) is 0 Å². The number of carbonyl (C=O) groups is 2. The zero-order chi connectivity index (χ0) is 16.8. The standard InChI is InChI=1S/C16H16ClNO4S/c1-22-12-9-13(17)23-14(12)15(19)18-8-2-3-10-4-6-11(7-5-10)16(20)21/h4-7,9H,2-3,8H2,1H3,(H,18,19)(H,20,21). The van der Waals surface area contributed by atoms with Gasteiger partial charge >= 0.3 is 5.97 Å². The van der Waals surface area contributed by atoms with Crippen LogP contribution >= 0.6 is 22.9 Å². The van der Waals surface area contributed by atoms with Gasteiger partial charge in [0.1, 0.15) is 10.6 Å². The van der Waals surface area contributed by atoms with Crippen molar-refractivity contribution in [3.8, 4) is 5.75 Å². The van der Waals surface area contributed by atoms with Gasteiger partial charge in [-0.25, -0.2) is 4.79 Å². The molecule has 1 aromatic heterocycles. The molecule has 23 heavy (non-hydrogen) atoms. The number of carbonyl (C=O) groups excluding carboxylic acids is 1. The number of aromatic carboxylic acids is 1. The SMILES string of the molecule is COc1cc(Cl)sc1C(=O)NCCCc1ccc(C(=O)O)cc1. The summed E-state index contributed by atoms with van der Waals surface area (Å²) in [5.74, 6) is -0.672. The second-order valence-electron chi connectivity index (χ2n) is 4.81. The highest BCUT2D eigenvalue weighted by Crippen LogP contribution is 2.32. The topological polar surface area (TPSA) is 75.6 Å². The zero-order valence-electron chi connectivity index (χ0n) is 12.5. The number of aryl methyl sites for hydroxylation is 1. The second-order valence-corrected chi connectivity index (χ2v) is 6.49. The summed E-state index contributed by atoms with van der Waals surface area (Å²) in [5.41, 5.74) is 1.30. The number of halogens is 1. The van der Waals surface area contributed by atoms with E-state index in [1.165, 1.54) is 18.4 Å². The van der Waals surface area contributed by atoms with E-state index in [9.17, 15) is 9.59 Å². The average Bonchev–Trinajstić information content (AvgIpc) is 2.93. The summed E-state index contributed by atoms with van der Waals surface area (Å²) in [7, 11) is 1.50. The number of ether oxygens (including phenoxy) is 1. The number of hydrogen-bond donors (Lipinski definition) is 2. The third-order valence-electron chi connectivity index (χ3n) is 3.22. The highest BCUT2D eigenvalue weighted by atomic mass is 35.5. The maximum atomic E-state index is 12.1. The Hall–Kier alpha value is -2.05. The molecule has 5 nitrogen and oxygen atoms in total. The lowest BCUT2D eigenvalue weighted by Gasteiger charge is -2.06. The molecule has 0 fully saturated rings. The first-order chi connectivity index (χ1) is 11.0. The van der Waals surface area contributed by atoms with Crippen molar-refractivity contribution < 1.29 is 19.4 Å². The quantitative estimate of drug-likeness (QED) is 0.747. The van der Waals surface area contributed by atoms with Gasteiger partial charge in [0.05, 0.1) is 17.0 Å². The van der Waals surface area contributed by atoms with E-state index in [0.717, 1.165) is 18.4 Å². The molecule has 2 rings (SSSR count). The van der Waals surface area contributed by atoms with Gasteiger partial charge < -0.3 is 15.2 Å². The van der Waals surface area contributed by atoms with Crippen LogP contribution in [0.1, 0.15) is 32.0 Å². The van der Waals surface area contributed by atoms with Crippen molar-refractivity contribution in [3.05, 3.63) is 50.7 Å². The van der Waals surface area contributed by atoms with E-state index in [1.54, 1.807) is 30.3 Å². The fourth-order valence-electron chi connectivity index (χ4n) is 2.04. The first kappa shape index (κ1) is 17.3. The van der Waals surface area contributed by atoms with Crippen LogP contribution in [-0.4, -0.2) is 30.6 Å². The predicted molar refractivity (Wildman–Crippen MR) is 89.9 cm³/mol. The van der Waals surface area contributed by atoms with Gasteiger partial charge in [0, 0.05) is 12.6 Å². The Morgan fingerprint density at radius 2 is 2.00 bits per heavy atom. The first-order valence-electron chi connectivity index (χ1n) is 6.95. The van der Waals surface area contributed by atoms with Crippen LogP contribution in [0.4, 0.5) is 0 Å². The van der Waals surface area contributed by atoms with E-state index in [2.05, 4.69) is 5.32 Å². The highest BCUT2D eigenvalue weighted by Gasteiger charge is 2.15. The van der Waals surface area contributed by atoms with E-state index in [1.807, 2.05) is 0 Å². The Kier molecular flexibility index (Phi) is 6.01. The zero-order valence-corrected chi connectivity index (χ0v) is 14.0. The lowest BCUT2D eigenvalue weighted by Crippen LogP contribution is -2.24. The third kappa shape index (κ3) is 4.71. The lowest BCUT2D eigenvalue weighted by molar-refractivity contribution is 0.0696. The molecule has 0 bridgehead atoms. The van der Waals surface area contributed by atoms with E-state index < -0.39 is 5.97 Å². The van der Waals surface area contributed by atoms with E-state index in [-0.39, 0.29) is 11.5 Å². The molecule has 2 aromatic rings. The normalized spacial score (nSPS) is 10.3. The monoisotopic (exact) mass is 353 g/mol. The van der Waals surface area contributed by atoms with Crippen LogP contribution in [0.2, 0.25) is 4.34 Å². The molecule has 0 atom stereocenters. The van der Waals surface area contributed by atoms with Gasteiger partial charge in [-0.05, 0) is 30.5 Å². The molecule has 7 heteroatoms. The van der Waals surface area contributed by atoms with Gasteiger partial charge in [-0.3, -0.25) is 4.79 Å². The van der Waals surface area contributed by atoms with Crippen molar-refractivity contribution in [2.45, 2.75) is 12.8 Å². The number of rotatable bonds is 7. The molecule has 0 saturated heterocycles. The number of amides is 1. The molecule has 2 N–H and O–H groups in total. The Morgan fingerprint density at radius 1 is 1.30 bits per heavy atom. The summed E-state index contributed by atoms with van der Waals surface area (Å²) < 4.78 is 5.62. The van der Waals surface area contributed by atoms with Crippen molar-refractivity contribution in [2.75, 3.05) is 13.7 Å². The molecule has 1 aromatic carbocycles. The summed E-state index contributed by atoms with van der Waals surface area (Å²) in [6.45, 7) is 0.512. The number of nitrogens with one attached hydrogen (secondary N) is 1. The minimum Gasteiger partial charge on any atom is -0.495 e.